The summed E-state index contributed by atoms with van der Waals surface area (Å²) in [4.78, 5) is 5.89. The molecule has 0 spiro atoms. The molecule has 2 heterocycles. The number of H-pyrrole nitrogens is 1. The van der Waals surface area contributed by atoms with Gasteiger partial charge in [-0.05, 0) is 43.9 Å². The summed E-state index contributed by atoms with van der Waals surface area (Å²) in [5, 5.41) is 0. The summed E-state index contributed by atoms with van der Waals surface area (Å²) in [6.45, 7) is 9.15. The van der Waals surface area contributed by atoms with Crippen LogP contribution in [-0.2, 0) is 0 Å². The normalized spacial score (nSPS) is 21.3. The Balaban J connectivity index is 2.23. The molecule has 1 saturated heterocycles. The Morgan fingerprint density at radius 2 is 2.24 bits per heavy atom. The van der Waals surface area contributed by atoms with Crippen LogP contribution in [0.4, 0.5) is 0 Å². The SMILES string of the molecule is Cc1[nH]c(=S)ccc1[C@@H]1CCCN1CC(C)C. The number of pyridine rings is 1. The van der Waals surface area contributed by atoms with E-state index in [4.69, 9.17) is 12.2 Å². The predicted molar refractivity (Wildman–Crippen MR) is 74.7 cm³/mol. The van der Waals surface area contributed by atoms with Crippen molar-refractivity contribution in [1.29, 1.82) is 0 Å². The van der Waals surface area contributed by atoms with E-state index >= 15 is 0 Å². The summed E-state index contributed by atoms with van der Waals surface area (Å²) in [6.07, 6.45) is 2.59. The topological polar surface area (TPSA) is 19.0 Å². The number of aryl methyl sites for hydroxylation is 1. The lowest BCUT2D eigenvalue weighted by Crippen LogP contribution is -2.27. The van der Waals surface area contributed by atoms with E-state index in [0.717, 1.165) is 10.6 Å². The van der Waals surface area contributed by atoms with Gasteiger partial charge < -0.3 is 4.98 Å². The Kier molecular flexibility index (Phi) is 4.00. The zero-order valence-electron chi connectivity index (χ0n) is 11.0. The average molecular weight is 250 g/mol. The lowest BCUT2D eigenvalue weighted by Gasteiger charge is -2.27. The molecule has 0 amide bonds. The summed E-state index contributed by atoms with van der Waals surface area (Å²) < 4.78 is 0.833. The highest BCUT2D eigenvalue weighted by Gasteiger charge is 2.27. The first-order valence-electron chi connectivity index (χ1n) is 6.52. The lowest BCUT2D eigenvalue weighted by atomic mass is 10.0. The van der Waals surface area contributed by atoms with Gasteiger partial charge in [0, 0.05) is 18.3 Å². The quantitative estimate of drug-likeness (QED) is 0.822. The summed E-state index contributed by atoms with van der Waals surface area (Å²) in [7, 11) is 0. The Labute approximate surface area is 109 Å². The zero-order chi connectivity index (χ0) is 12.4. The molecule has 17 heavy (non-hydrogen) atoms. The first-order valence-corrected chi connectivity index (χ1v) is 6.92. The van der Waals surface area contributed by atoms with Crippen LogP contribution in [0.1, 0.15) is 44.0 Å². The monoisotopic (exact) mass is 250 g/mol. The van der Waals surface area contributed by atoms with E-state index < -0.39 is 0 Å². The smallest absolute Gasteiger partial charge is 0.103 e. The van der Waals surface area contributed by atoms with Crippen LogP contribution < -0.4 is 0 Å². The molecule has 0 radical (unpaired) electrons. The fourth-order valence-corrected chi connectivity index (χ4v) is 3.04. The van der Waals surface area contributed by atoms with Crippen molar-refractivity contribution in [3.8, 4) is 0 Å². The molecule has 0 unspecified atom stereocenters. The summed E-state index contributed by atoms with van der Waals surface area (Å²) in [5.41, 5.74) is 2.66. The minimum Gasteiger partial charge on any atom is -0.350 e. The highest BCUT2D eigenvalue weighted by atomic mass is 32.1. The molecule has 2 rings (SSSR count). The van der Waals surface area contributed by atoms with Crippen molar-refractivity contribution in [3.63, 3.8) is 0 Å². The number of hydrogen-bond acceptors (Lipinski definition) is 2. The minimum atomic E-state index is 0.587. The van der Waals surface area contributed by atoms with Gasteiger partial charge in [-0.3, -0.25) is 4.90 Å². The predicted octanol–water partition coefficient (Wildman–Crippen LogP) is 3.85. The van der Waals surface area contributed by atoms with Crippen LogP contribution in [0.5, 0.6) is 0 Å². The molecule has 1 aromatic rings. The molecule has 1 aliphatic heterocycles. The Morgan fingerprint density at radius 3 is 2.88 bits per heavy atom. The zero-order valence-corrected chi connectivity index (χ0v) is 11.8. The maximum absolute atomic E-state index is 5.16. The number of hydrogen-bond donors (Lipinski definition) is 1. The molecule has 1 N–H and O–H groups in total. The van der Waals surface area contributed by atoms with Gasteiger partial charge in [0.25, 0.3) is 0 Å². The van der Waals surface area contributed by atoms with Gasteiger partial charge in [0.15, 0.2) is 0 Å². The summed E-state index contributed by atoms with van der Waals surface area (Å²) in [6, 6.07) is 4.81. The van der Waals surface area contributed by atoms with Crippen molar-refractivity contribution < 1.29 is 0 Å². The van der Waals surface area contributed by atoms with Crippen molar-refractivity contribution in [2.45, 2.75) is 39.7 Å². The second kappa shape index (κ2) is 5.32. The van der Waals surface area contributed by atoms with Crippen molar-refractivity contribution in [2.75, 3.05) is 13.1 Å². The van der Waals surface area contributed by atoms with Crippen LogP contribution in [0.15, 0.2) is 12.1 Å². The standard InChI is InChI=1S/C14H22N2S/c1-10(2)9-16-8-4-5-13(16)12-6-7-14(17)15-11(12)3/h6-7,10,13H,4-5,8-9H2,1-3H3,(H,15,17)/t13-/m0/s1. The van der Waals surface area contributed by atoms with Crippen molar-refractivity contribution >= 4 is 12.2 Å². The number of aromatic amines is 1. The highest BCUT2D eigenvalue weighted by Crippen LogP contribution is 2.33. The molecule has 1 atom stereocenters. The number of rotatable bonds is 3. The second-order valence-corrected chi connectivity index (χ2v) is 5.89. The highest BCUT2D eigenvalue weighted by molar-refractivity contribution is 7.71. The minimum absolute atomic E-state index is 0.587. The van der Waals surface area contributed by atoms with Crippen LogP contribution in [0.3, 0.4) is 0 Å². The molecular formula is C14H22N2S. The van der Waals surface area contributed by atoms with Gasteiger partial charge in [0.2, 0.25) is 0 Å². The molecule has 0 aliphatic carbocycles. The maximum Gasteiger partial charge on any atom is 0.103 e. The van der Waals surface area contributed by atoms with Crippen LogP contribution >= 0.6 is 12.2 Å². The molecule has 0 saturated carbocycles. The van der Waals surface area contributed by atoms with Gasteiger partial charge >= 0.3 is 0 Å². The third-order valence-electron chi connectivity index (χ3n) is 3.48. The maximum atomic E-state index is 5.16. The first-order chi connectivity index (χ1) is 8.08. The van der Waals surface area contributed by atoms with Crippen LogP contribution in [0, 0.1) is 17.5 Å². The molecule has 1 aromatic heterocycles. The van der Waals surface area contributed by atoms with E-state index in [1.165, 1.54) is 37.2 Å². The average Bonchev–Trinajstić information content (AvgIpc) is 2.65. The Bertz CT molecular complexity index is 436. The van der Waals surface area contributed by atoms with E-state index in [0.29, 0.717) is 6.04 Å². The number of likely N-dealkylation sites (tertiary alicyclic amines) is 1. The molecule has 3 heteroatoms. The Morgan fingerprint density at radius 1 is 1.47 bits per heavy atom. The van der Waals surface area contributed by atoms with Gasteiger partial charge in [-0.15, -0.1) is 0 Å². The Hall–Kier alpha value is -0.670. The van der Waals surface area contributed by atoms with Crippen LogP contribution in [0.25, 0.3) is 0 Å². The van der Waals surface area contributed by atoms with Crippen molar-refractivity contribution in [2.24, 2.45) is 5.92 Å². The van der Waals surface area contributed by atoms with Crippen LogP contribution in [-0.4, -0.2) is 23.0 Å². The van der Waals surface area contributed by atoms with E-state index in [9.17, 15) is 0 Å². The van der Waals surface area contributed by atoms with E-state index in [-0.39, 0.29) is 0 Å². The molecule has 0 bridgehead atoms. The van der Waals surface area contributed by atoms with Gasteiger partial charge in [0.1, 0.15) is 4.64 Å². The van der Waals surface area contributed by atoms with Crippen molar-refractivity contribution in [3.05, 3.63) is 28.0 Å². The van der Waals surface area contributed by atoms with Gasteiger partial charge in [0.05, 0.1) is 0 Å². The largest absolute Gasteiger partial charge is 0.350 e. The second-order valence-electron chi connectivity index (χ2n) is 5.45. The van der Waals surface area contributed by atoms with E-state index in [1.54, 1.807) is 0 Å². The molecular weight excluding hydrogens is 228 g/mol. The summed E-state index contributed by atoms with van der Waals surface area (Å²) >= 11 is 5.16. The van der Waals surface area contributed by atoms with Crippen LogP contribution in [0.2, 0.25) is 0 Å². The third-order valence-corrected chi connectivity index (χ3v) is 3.72. The van der Waals surface area contributed by atoms with Gasteiger partial charge in [-0.25, -0.2) is 0 Å². The number of aromatic nitrogens is 1. The molecule has 0 aromatic carbocycles. The molecule has 94 valence electrons. The van der Waals surface area contributed by atoms with Crippen molar-refractivity contribution in [1.82, 2.24) is 9.88 Å². The van der Waals surface area contributed by atoms with Gasteiger partial charge in [-0.2, -0.15) is 0 Å². The fourth-order valence-electron chi connectivity index (χ4n) is 2.82. The molecule has 1 aliphatic rings. The first kappa shape index (κ1) is 12.8. The van der Waals surface area contributed by atoms with E-state index in [2.05, 4.69) is 36.7 Å². The molecule has 1 fully saturated rings. The fraction of sp³-hybridized carbons (Fsp3) is 0.643. The molecule has 2 nitrogen and oxygen atoms in total. The third kappa shape index (κ3) is 2.96. The number of nitrogens with one attached hydrogen (secondary N) is 1. The van der Waals surface area contributed by atoms with E-state index in [1.807, 2.05) is 6.07 Å². The number of nitrogens with zero attached hydrogens (tertiary/aromatic N) is 1. The lowest BCUT2D eigenvalue weighted by molar-refractivity contribution is 0.228. The summed E-state index contributed by atoms with van der Waals surface area (Å²) in [5.74, 6) is 0.734. The van der Waals surface area contributed by atoms with Gasteiger partial charge in [-0.1, -0.05) is 32.1 Å².